The first-order valence-corrected chi connectivity index (χ1v) is 10.3. The Morgan fingerprint density at radius 3 is 2.62 bits per heavy atom. The van der Waals surface area contributed by atoms with E-state index in [1.54, 1.807) is 51.1 Å². The van der Waals surface area contributed by atoms with Gasteiger partial charge in [-0.15, -0.1) is 10.2 Å². The summed E-state index contributed by atoms with van der Waals surface area (Å²) < 4.78 is 12.0. The van der Waals surface area contributed by atoms with Gasteiger partial charge >= 0.3 is 11.6 Å². The first kappa shape index (κ1) is 22.6. The number of carbonyl (C=O) groups excluding carboxylic acids is 1. The van der Waals surface area contributed by atoms with E-state index in [4.69, 9.17) is 9.15 Å². The average Bonchev–Trinajstić information content (AvgIpc) is 3.09. The minimum atomic E-state index is -1.12. The smallest absolute Gasteiger partial charge is 0.337 e. The van der Waals surface area contributed by atoms with Crippen molar-refractivity contribution in [1.29, 1.82) is 0 Å². The number of aryl methyl sites for hydroxylation is 2. The molecule has 4 rings (SSSR count). The monoisotopic (exact) mass is 460 g/mol. The second-order valence-corrected chi connectivity index (χ2v) is 7.54. The zero-order valence-electron chi connectivity index (χ0n) is 18.6. The van der Waals surface area contributed by atoms with E-state index < -0.39 is 17.5 Å². The van der Waals surface area contributed by atoms with Crippen LogP contribution in [0.4, 0.5) is 11.4 Å². The summed E-state index contributed by atoms with van der Waals surface area (Å²) in [6.45, 7) is 4.81. The topological polar surface area (TPSA) is 136 Å². The van der Waals surface area contributed by atoms with Crippen molar-refractivity contribution in [3.05, 3.63) is 81.5 Å². The highest BCUT2D eigenvalue weighted by molar-refractivity contribution is 5.93. The van der Waals surface area contributed by atoms with Gasteiger partial charge < -0.3 is 14.3 Å². The molecule has 2 aromatic heterocycles. The summed E-state index contributed by atoms with van der Waals surface area (Å²) in [7, 11) is 0. The minimum Gasteiger partial charge on any atom is -0.484 e. The van der Waals surface area contributed by atoms with Crippen molar-refractivity contribution in [2.75, 3.05) is 6.61 Å². The lowest BCUT2D eigenvalue weighted by molar-refractivity contribution is 0.0697. The SMILES string of the molecule is Cc1nn(C(=O)COc2ccc3c(C)cc(=O)oc3c2)c(C)c1N=Nc1ccccc1C(=O)O. The number of carboxylic acids is 1. The van der Waals surface area contributed by atoms with Crippen LogP contribution in [-0.4, -0.2) is 33.4 Å². The number of carbonyl (C=O) groups is 2. The lowest BCUT2D eigenvalue weighted by Crippen LogP contribution is -2.21. The fourth-order valence-electron chi connectivity index (χ4n) is 3.47. The van der Waals surface area contributed by atoms with Gasteiger partial charge in [0, 0.05) is 17.5 Å². The first-order valence-electron chi connectivity index (χ1n) is 10.3. The van der Waals surface area contributed by atoms with Gasteiger partial charge in [-0.3, -0.25) is 4.79 Å². The van der Waals surface area contributed by atoms with Crippen molar-refractivity contribution in [2.24, 2.45) is 10.2 Å². The number of nitrogens with zero attached hydrogens (tertiary/aromatic N) is 4. The maximum Gasteiger partial charge on any atom is 0.337 e. The molecule has 0 bridgehead atoms. The van der Waals surface area contributed by atoms with E-state index in [9.17, 15) is 19.5 Å². The molecule has 0 saturated carbocycles. The molecule has 0 unspecified atom stereocenters. The van der Waals surface area contributed by atoms with Crippen molar-refractivity contribution >= 4 is 34.2 Å². The molecular formula is C24H20N4O6. The maximum absolute atomic E-state index is 12.7. The van der Waals surface area contributed by atoms with E-state index in [2.05, 4.69) is 15.3 Å². The number of carboxylic acid groups (broad SMARTS) is 1. The largest absolute Gasteiger partial charge is 0.484 e. The zero-order chi connectivity index (χ0) is 24.4. The summed E-state index contributed by atoms with van der Waals surface area (Å²) in [6.07, 6.45) is 0. The van der Waals surface area contributed by atoms with Crippen LogP contribution >= 0.6 is 0 Å². The second kappa shape index (κ2) is 9.10. The van der Waals surface area contributed by atoms with Crippen molar-refractivity contribution in [3.63, 3.8) is 0 Å². The van der Waals surface area contributed by atoms with Gasteiger partial charge in [0.05, 0.1) is 17.0 Å². The predicted octanol–water partition coefficient (Wildman–Crippen LogP) is 4.75. The average molecular weight is 460 g/mol. The van der Waals surface area contributed by atoms with Gasteiger partial charge in [-0.2, -0.15) is 9.78 Å². The highest BCUT2D eigenvalue weighted by Gasteiger charge is 2.18. The van der Waals surface area contributed by atoms with Crippen LogP contribution in [0, 0.1) is 20.8 Å². The van der Waals surface area contributed by atoms with Gasteiger partial charge in [0.2, 0.25) is 0 Å². The number of hydrogen-bond donors (Lipinski definition) is 1. The predicted molar refractivity (Wildman–Crippen MR) is 123 cm³/mol. The Morgan fingerprint density at radius 2 is 1.85 bits per heavy atom. The summed E-state index contributed by atoms with van der Waals surface area (Å²) in [4.78, 5) is 35.7. The van der Waals surface area contributed by atoms with E-state index in [0.717, 1.165) is 15.6 Å². The van der Waals surface area contributed by atoms with Gasteiger partial charge in [0.1, 0.15) is 22.7 Å². The number of rotatable bonds is 6. The molecule has 172 valence electrons. The molecule has 10 nitrogen and oxygen atoms in total. The van der Waals surface area contributed by atoms with Crippen LogP contribution in [0.3, 0.4) is 0 Å². The molecule has 0 amide bonds. The van der Waals surface area contributed by atoms with Crippen molar-refractivity contribution < 1.29 is 23.8 Å². The quantitative estimate of drug-likeness (QED) is 0.324. The Balaban J connectivity index is 1.53. The Labute approximate surface area is 193 Å². The van der Waals surface area contributed by atoms with Crippen LogP contribution < -0.4 is 10.4 Å². The number of aromatic nitrogens is 2. The molecule has 2 aromatic carbocycles. The number of hydrogen-bond acceptors (Lipinski definition) is 8. The summed E-state index contributed by atoms with van der Waals surface area (Å²) in [5.74, 6) is -1.20. The molecule has 0 radical (unpaired) electrons. The Bertz CT molecular complexity index is 1520. The number of azo groups is 1. The van der Waals surface area contributed by atoms with Gasteiger partial charge in [-0.25, -0.2) is 9.59 Å². The zero-order valence-corrected chi connectivity index (χ0v) is 18.6. The van der Waals surface area contributed by atoms with Crippen LogP contribution in [0.25, 0.3) is 11.0 Å². The van der Waals surface area contributed by atoms with Gasteiger partial charge in [0.25, 0.3) is 5.91 Å². The fraction of sp³-hybridized carbons (Fsp3) is 0.167. The van der Waals surface area contributed by atoms with Gasteiger partial charge in [-0.1, -0.05) is 12.1 Å². The molecule has 0 fully saturated rings. The summed E-state index contributed by atoms with van der Waals surface area (Å²) >= 11 is 0. The Morgan fingerprint density at radius 1 is 1.09 bits per heavy atom. The Hall–Kier alpha value is -4.60. The van der Waals surface area contributed by atoms with Crippen LogP contribution in [-0.2, 0) is 0 Å². The molecule has 0 atom stereocenters. The molecular weight excluding hydrogens is 440 g/mol. The molecule has 0 aliphatic heterocycles. The van der Waals surface area contributed by atoms with Crippen LogP contribution in [0.2, 0.25) is 0 Å². The van der Waals surface area contributed by atoms with Gasteiger partial charge in [-0.05, 0) is 50.6 Å². The lowest BCUT2D eigenvalue weighted by atomic mass is 10.1. The highest BCUT2D eigenvalue weighted by Crippen LogP contribution is 2.27. The Kier molecular flexibility index (Phi) is 6.05. The van der Waals surface area contributed by atoms with Crippen molar-refractivity contribution in [3.8, 4) is 5.75 Å². The molecule has 1 N–H and O–H groups in total. The third-order valence-corrected chi connectivity index (χ3v) is 5.17. The molecule has 0 saturated heterocycles. The van der Waals surface area contributed by atoms with E-state index in [1.165, 1.54) is 18.2 Å². The van der Waals surface area contributed by atoms with E-state index >= 15 is 0 Å². The van der Waals surface area contributed by atoms with E-state index in [-0.39, 0.29) is 17.9 Å². The summed E-state index contributed by atoms with van der Waals surface area (Å²) in [5, 5.41) is 22.5. The molecule has 34 heavy (non-hydrogen) atoms. The number of ether oxygens (including phenoxy) is 1. The van der Waals surface area contributed by atoms with Crippen LogP contribution in [0.5, 0.6) is 5.75 Å². The maximum atomic E-state index is 12.7. The van der Waals surface area contributed by atoms with E-state index in [0.29, 0.717) is 28.4 Å². The van der Waals surface area contributed by atoms with Crippen LogP contribution in [0.1, 0.15) is 32.1 Å². The third-order valence-electron chi connectivity index (χ3n) is 5.17. The molecule has 0 aliphatic carbocycles. The first-order chi connectivity index (χ1) is 16.2. The lowest BCUT2D eigenvalue weighted by Gasteiger charge is -2.08. The fourth-order valence-corrected chi connectivity index (χ4v) is 3.47. The van der Waals surface area contributed by atoms with Crippen molar-refractivity contribution in [1.82, 2.24) is 9.78 Å². The van der Waals surface area contributed by atoms with Gasteiger partial charge in [0.15, 0.2) is 6.61 Å². The third kappa shape index (κ3) is 4.46. The number of fused-ring (bicyclic) bond motifs is 1. The molecule has 10 heteroatoms. The molecule has 2 heterocycles. The summed E-state index contributed by atoms with van der Waals surface area (Å²) in [5.41, 5.74) is 2.13. The number of benzene rings is 2. The van der Waals surface area contributed by atoms with Crippen LogP contribution in [0.15, 0.2) is 68.0 Å². The molecule has 0 spiro atoms. The number of aromatic carboxylic acids is 1. The van der Waals surface area contributed by atoms with Crippen molar-refractivity contribution in [2.45, 2.75) is 20.8 Å². The minimum absolute atomic E-state index is 0.0137. The molecule has 4 aromatic rings. The standard InChI is InChI=1S/C24H20N4O6/c1-13-10-22(30)34-20-11-16(8-9-17(13)20)33-12-21(29)28-15(3)23(14(2)27-28)26-25-19-7-5-4-6-18(19)24(31)32/h4-11H,12H2,1-3H3,(H,31,32). The normalized spacial score (nSPS) is 11.3. The van der Waals surface area contributed by atoms with E-state index in [1.807, 2.05) is 0 Å². The second-order valence-electron chi connectivity index (χ2n) is 7.54. The molecule has 0 aliphatic rings. The summed E-state index contributed by atoms with van der Waals surface area (Å²) in [6, 6.07) is 12.6. The highest BCUT2D eigenvalue weighted by atomic mass is 16.5.